The van der Waals surface area contributed by atoms with Crippen LogP contribution in [-0.4, -0.2) is 6.36 Å². The molecule has 0 N–H and O–H groups in total. The lowest BCUT2D eigenvalue weighted by atomic mass is 9.81. The molecule has 0 radical (unpaired) electrons. The van der Waals surface area contributed by atoms with Crippen molar-refractivity contribution in [3.8, 4) is 5.75 Å². The molecule has 0 bridgehead atoms. The number of ether oxygens (including phenoxy) is 1. The van der Waals surface area contributed by atoms with E-state index in [1.165, 1.54) is 0 Å². The highest BCUT2D eigenvalue weighted by atomic mass is 19.4. The van der Waals surface area contributed by atoms with Gasteiger partial charge in [0.1, 0.15) is 5.82 Å². The maximum atomic E-state index is 14.3. The van der Waals surface area contributed by atoms with Crippen molar-refractivity contribution in [3.63, 3.8) is 0 Å². The molecule has 1 unspecified atom stereocenters. The summed E-state index contributed by atoms with van der Waals surface area (Å²) >= 11 is 0. The molecule has 158 valence electrons. The Morgan fingerprint density at radius 1 is 1.00 bits per heavy atom. The quantitative estimate of drug-likeness (QED) is 0.448. The average Bonchev–Trinajstić information content (AvgIpc) is 2.65. The minimum absolute atomic E-state index is 0.185. The molecule has 1 aliphatic carbocycles. The molecule has 0 aromatic heterocycles. The number of rotatable bonds is 7. The first kappa shape index (κ1) is 21.6. The highest BCUT2D eigenvalue weighted by Gasteiger charge is 2.33. The molecule has 29 heavy (non-hydrogen) atoms. The minimum atomic E-state index is -4.91. The Hall–Kier alpha value is -2.11. The second-order valence-electron chi connectivity index (χ2n) is 7.78. The third-order valence-corrected chi connectivity index (χ3v) is 5.57. The zero-order valence-corrected chi connectivity index (χ0v) is 16.4. The van der Waals surface area contributed by atoms with Crippen LogP contribution in [0.25, 0.3) is 0 Å². The number of fused-ring (bicyclic) bond motifs is 1. The summed E-state index contributed by atoms with van der Waals surface area (Å²) in [6.45, 7) is 2.10. The SMILES string of the molecule is CCCCc1ccc(CCC2CCc3cc(OC(F)(F)F)c(F)cc3C2)c(F)c1. The van der Waals surface area contributed by atoms with Crippen molar-refractivity contribution in [1.29, 1.82) is 0 Å². The fourth-order valence-electron chi connectivity index (χ4n) is 3.97. The van der Waals surface area contributed by atoms with Crippen molar-refractivity contribution in [2.45, 2.75) is 64.7 Å². The van der Waals surface area contributed by atoms with Crippen LogP contribution in [0.4, 0.5) is 22.0 Å². The molecule has 2 aromatic carbocycles. The van der Waals surface area contributed by atoms with Gasteiger partial charge in [0.25, 0.3) is 0 Å². The number of hydrogen-bond acceptors (Lipinski definition) is 1. The van der Waals surface area contributed by atoms with Crippen molar-refractivity contribution < 1.29 is 26.7 Å². The van der Waals surface area contributed by atoms with Crippen LogP contribution < -0.4 is 4.74 Å². The van der Waals surface area contributed by atoms with Crippen LogP contribution in [0.1, 0.15) is 54.9 Å². The summed E-state index contributed by atoms with van der Waals surface area (Å²) in [7, 11) is 0. The molecule has 0 aliphatic heterocycles. The van der Waals surface area contributed by atoms with E-state index in [9.17, 15) is 22.0 Å². The van der Waals surface area contributed by atoms with E-state index in [1.54, 1.807) is 6.07 Å². The topological polar surface area (TPSA) is 9.23 Å². The van der Waals surface area contributed by atoms with Crippen LogP contribution in [0.15, 0.2) is 30.3 Å². The highest BCUT2D eigenvalue weighted by Crippen LogP contribution is 2.34. The summed E-state index contributed by atoms with van der Waals surface area (Å²) in [6, 6.07) is 7.73. The summed E-state index contributed by atoms with van der Waals surface area (Å²) in [5, 5.41) is 0. The largest absolute Gasteiger partial charge is 0.573 e. The number of alkyl halides is 3. The van der Waals surface area contributed by atoms with Gasteiger partial charge in [-0.1, -0.05) is 25.5 Å². The molecule has 0 saturated heterocycles. The first-order chi connectivity index (χ1) is 13.7. The molecule has 1 atom stereocenters. The Morgan fingerprint density at radius 2 is 1.79 bits per heavy atom. The summed E-state index contributed by atoms with van der Waals surface area (Å²) in [6.07, 6.45) is 1.33. The van der Waals surface area contributed by atoms with Crippen LogP contribution in [-0.2, 0) is 25.7 Å². The Morgan fingerprint density at radius 3 is 2.48 bits per heavy atom. The number of halogens is 5. The van der Waals surface area contributed by atoms with Crippen molar-refractivity contribution in [2.75, 3.05) is 0 Å². The normalized spacial score (nSPS) is 16.6. The Balaban J connectivity index is 1.61. The van der Waals surface area contributed by atoms with E-state index in [2.05, 4.69) is 11.7 Å². The highest BCUT2D eigenvalue weighted by molar-refractivity contribution is 5.39. The molecule has 3 rings (SSSR count). The van der Waals surface area contributed by atoms with Gasteiger partial charge in [0.2, 0.25) is 0 Å². The molecule has 0 saturated carbocycles. The average molecular weight is 412 g/mol. The van der Waals surface area contributed by atoms with Crippen molar-refractivity contribution in [3.05, 3.63) is 64.2 Å². The van der Waals surface area contributed by atoms with E-state index in [0.717, 1.165) is 49.8 Å². The van der Waals surface area contributed by atoms with Crippen LogP contribution in [0.5, 0.6) is 5.75 Å². The predicted molar refractivity (Wildman–Crippen MR) is 102 cm³/mol. The summed E-state index contributed by atoms with van der Waals surface area (Å²) in [5.74, 6) is -1.72. The van der Waals surface area contributed by atoms with Gasteiger partial charge in [-0.2, -0.15) is 0 Å². The van der Waals surface area contributed by atoms with Gasteiger partial charge < -0.3 is 4.74 Å². The first-order valence-corrected chi connectivity index (χ1v) is 10.1. The maximum absolute atomic E-state index is 14.3. The van der Waals surface area contributed by atoms with E-state index in [-0.39, 0.29) is 11.7 Å². The molecule has 0 heterocycles. The van der Waals surface area contributed by atoms with Gasteiger partial charge in [-0.05, 0) is 91.3 Å². The van der Waals surface area contributed by atoms with Gasteiger partial charge in [0, 0.05) is 0 Å². The van der Waals surface area contributed by atoms with Crippen molar-refractivity contribution in [1.82, 2.24) is 0 Å². The van der Waals surface area contributed by atoms with Gasteiger partial charge in [-0.3, -0.25) is 0 Å². The third-order valence-electron chi connectivity index (χ3n) is 5.57. The standard InChI is InChI=1S/C23H25F5O/c1-2-3-4-15-5-8-17(20(24)12-15)9-6-16-7-10-18-14-22(29-23(26,27)28)21(25)13-19(18)11-16/h5,8,12-14,16H,2-4,6-7,9-11H2,1H3. The van der Waals surface area contributed by atoms with Gasteiger partial charge in [0.15, 0.2) is 11.6 Å². The lowest BCUT2D eigenvalue weighted by Crippen LogP contribution is -2.20. The van der Waals surface area contributed by atoms with Crippen LogP contribution in [0.3, 0.4) is 0 Å². The number of hydrogen-bond donors (Lipinski definition) is 0. The fourth-order valence-corrected chi connectivity index (χ4v) is 3.97. The monoisotopic (exact) mass is 412 g/mol. The first-order valence-electron chi connectivity index (χ1n) is 10.1. The van der Waals surface area contributed by atoms with E-state index in [4.69, 9.17) is 0 Å². The Kier molecular flexibility index (Phi) is 6.81. The molecule has 2 aromatic rings. The third kappa shape index (κ3) is 5.94. The second-order valence-corrected chi connectivity index (χ2v) is 7.78. The van der Waals surface area contributed by atoms with E-state index in [1.807, 2.05) is 12.1 Å². The molecule has 0 amide bonds. The molecule has 1 aliphatic rings. The lowest BCUT2D eigenvalue weighted by Gasteiger charge is -2.25. The Labute approximate surface area is 167 Å². The van der Waals surface area contributed by atoms with Gasteiger partial charge >= 0.3 is 6.36 Å². The minimum Gasteiger partial charge on any atom is -0.403 e. The molecular formula is C23H25F5O. The molecule has 6 heteroatoms. The van der Waals surface area contributed by atoms with Crippen LogP contribution >= 0.6 is 0 Å². The van der Waals surface area contributed by atoms with E-state index < -0.39 is 17.9 Å². The number of unbranched alkanes of at least 4 members (excludes halogenated alkanes) is 1. The predicted octanol–water partition coefficient (Wildman–Crippen LogP) is 6.94. The van der Waals surface area contributed by atoms with Crippen LogP contribution in [0.2, 0.25) is 0 Å². The summed E-state index contributed by atoms with van der Waals surface area (Å²) in [4.78, 5) is 0. The number of aryl methyl sites for hydroxylation is 3. The second kappa shape index (κ2) is 9.14. The van der Waals surface area contributed by atoms with Gasteiger partial charge in [0.05, 0.1) is 0 Å². The lowest BCUT2D eigenvalue weighted by molar-refractivity contribution is -0.275. The Bertz CT molecular complexity index is 844. The summed E-state index contributed by atoms with van der Waals surface area (Å²) in [5.41, 5.74) is 3.08. The summed E-state index contributed by atoms with van der Waals surface area (Å²) < 4.78 is 69.2. The van der Waals surface area contributed by atoms with Crippen molar-refractivity contribution in [2.24, 2.45) is 5.92 Å². The van der Waals surface area contributed by atoms with Crippen molar-refractivity contribution >= 4 is 0 Å². The van der Waals surface area contributed by atoms with E-state index in [0.29, 0.717) is 36.0 Å². The molecule has 0 fully saturated rings. The maximum Gasteiger partial charge on any atom is 0.573 e. The smallest absolute Gasteiger partial charge is 0.403 e. The van der Waals surface area contributed by atoms with Crippen LogP contribution in [0, 0.1) is 17.6 Å². The molecule has 0 spiro atoms. The molecular weight excluding hydrogens is 387 g/mol. The number of benzene rings is 2. The van der Waals surface area contributed by atoms with Gasteiger partial charge in [-0.25, -0.2) is 8.78 Å². The molecule has 1 nitrogen and oxygen atoms in total. The van der Waals surface area contributed by atoms with E-state index >= 15 is 0 Å². The zero-order valence-electron chi connectivity index (χ0n) is 16.4. The zero-order chi connectivity index (χ0) is 21.0. The van der Waals surface area contributed by atoms with Gasteiger partial charge in [-0.15, -0.1) is 13.2 Å². The fraction of sp³-hybridized carbons (Fsp3) is 0.478.